The van der Waals surface area contributed by atoms with Crippen molar-refractivity contribution in [3.05, 3.63) is 34.5 Å². The predicted octanol–water partition coefficient (Wildman–Crippen LogP) is 4.75. The van der Waals surface area contributed by atoms with E-state index in [4.69, 9.17) is 4.52 Å². The lowest BCUT2D eigenvalue weighted by Crippen LogP contribution is -2.13. The van der Waals surface area contributed by atoms with Crippen molar-refractivity contribution in [3.63, 3.8) is 0 Å². The summed E-state index contributed by atoms with van der Waals surface area (Å²) < 4.78 is 6.49. The number of halogens is 1. The van der Waals surface area contributed by atoms with Crippen LogP contribution in [0.25, 0.3) is 11.1 Å². The number of hydrogen-bond acceptors (Lipinski definition) is 3. The monoisotopic (exact) mass is 350 g/mol. The van der Waals surface area contributed by atoms with E-state index < -0.39 is 0 Å². The first-order valence-electron chi connectivity index (χ1n) is 6.89. The first-order chi connectivity index (χ1) is 9.82. The number of nitrogens with one attached hydrogen (secondary N) is 1. The molecule has 0 aliphatic heterocycles. The van der Waals surface area contributed by atoms with Gasteiger partial charge in [-0.3, -0.25) is 4.79 Å². The molecule has 0 atom stereocenters. The van der Waals surface area contributed by atoms with Crippen molar-refractivity contribution in [2.24, 2.45) is 0 Å². The summed E-state index contributed by atoms with van der Waals surface area (Å²) in [6.07, 6.45) is 0.398. The summed E-state index contributed by atoms with van der Waals surface area (Å²) in [5.41, 5.74) is 1.59. The van der Waals surface area contributed by atoms with Crippen molar-refractivity contribution in [2.75, 3.05) is 5.32 Å². The average molecular weight is 351 g/mol. The molecule has 1 aromatic heterocycles. The molecule has 21 heavy (non-hydrogen) atoms. The topological polar surface area (TPSA) is 55.1 Å². The highest BCUT2D eigenvalue weighted by atomic mass is 79.9. The molecule has 0 radical (unpaired) electrons. The van der Waals surface area contributed by atoms with Gasteiger partial charge in [0, 0.05) is 16.3 Å². The van der Waals surface area contributed by atoms with E-state index in [1.54, 1.807) is 6.92 Å². The van der Waals surface area contributed by atoms with Gasteiger partial charge in [0.2, 0.25) is 5.91 Å². The third kappa shape index (κ3) is 3.53. The molecular formula is C16H19BrN2O2. The van der Waals surface area contributed by atoms with Gasteiger partial charge in [0.05, 0.1) is 5.56 Å². The Morgan fingerprint density at radius 1 is 1.38 bits per heavy atom. The highest BCUT2D eigenvalue weighted by Gasteiger charge is 2.28. The van der Waals surface area contributed by atoms with Crippen LogP contribution in [0.4, 0.5) is 5.82 Å². The number of aromatic nitrogens is 1. The number of carbonyl (C=O) groups excluding carboxylic acids is 1. The van der Waals surface area contributed by atoms with Crippen LogP contribution in [-0.2, 0) is 10.2 Å². The largest absolute Gasteiger partial charge is 0.358 e. The molecule has 0 bridgehead atoms. The number of rotatable bonds is 3. The zero-order valence-corrected chi connectivity index (χ0v) is 14.2. The molecule has 1 aromatic carbocycles. The summed E-state index contributed by atoms with van der Waals surface area (Å²) in [5.74, 6) is 1.15. The molecule has 2 aromatic rings. The zero-order valence-electron chi connectivity index (χ0n) is 12.7. The lowest BCUT2D eigenvalue weighted by Gasteiger charge is -2.16. The second kappa shape index (κ2) is 6.02. The lowest BCUT2D eigenvalue weighted by atomic mass is 9.88. The van der Waals surface area contributed by atoms with Gasteiger partial charge >= 0.3 is 0 Å². The van der Waals surface area contributed by atoms with Gasteiger partial charge in [-0.2, -0.15) is 0 Å². The molecule has 0 saturated heterocycles. The van der Waals surface area contributed by atoms with Crippen molar-refractivity contribution in [1.82, 2.24) is 5.16 Å². The maximum absolute atomic E-state index is 11.7. The molecule has 0 aliphatic rings. The Morgan fingerprint density at radius 3 is 2.67 bits per heavy atom. The van der Waals surface area contributed by atoms with Crippen LogP contribution in [0.1, 0.15) is 39.9 Å². The van der Waals surface area contributed by atoms with Crippen molar-refractivity contribution < 1.29 is 9.32 Å². The van der Waals surface area contributed by atoms with Crippen LogP contribution in [0.5, 0.6) is 0 Å². The van der Waals surface area contributed by atoms with Gasteiger partial charge in [-0.1, -0.05) is 60.9 Å². The summed E-state index contributed by atoms with van der Waals surface area (Å²) in [6.45, 7) is 7.97. The third-order valence-electron chi connectivity index (χ3n) is 3.07. The summed E-state index contributed by atoms with van der Waals surface area (Å²) in [6, 6.07) is 7.87. The van der Waals surface area contributed by atoms with E-state index in [-0.39, 0.29) is 11.3 Å². The van der Waals surface area contributed by atoms with E-state index in [1.165, 1.54) is 0 Å². The molecule has 1 amide bonds. The number of carbonyl (C=O) groups is 1. The SMILES string of the molecule is CCC(=O)Nc1noc(C(C)(C)C)c1-c1cccc(Br)c1. The molecule has 4 nitrogen and oxygen atoms in total. The van der Waals surface area contributed by atoms with Gasteiger partial charge in [-0.25, -0.2) is 0 Å². The van der Waals surface area contributed by atoms with Gasteiger partial charge in [0.1, 0.15) is 0 Å². The van der Waals surface area contributed by atoms with E-state index in [1.807, 2.05) is 24.3 Å². The van der Waals surface area contributed by atoms with Crippen molar-refractivity contribution in [1.29, 1.82) is 0 Å². The van der Waals surface area contributed by atoms with Crippen molar-refractivity contribution in [2.45, 2.75) is 39.5 Å². The molecule has 0 unspecified atom stereocenters. The van der Waals surface area contributed by atoms with E-state index in [9.17, 15) is 4.79 Å². The Bertz CT molecular complexity index is 657. The molecule has 0 spiro atoms. The molecule has 5 heteroatoms. The molecule has 1 N–H and O–H groups in total. The molecule has 2 rings (SSSR count). The van der Waals surface area contributed by atoms with E-state index in [0.29, 0.717) is 12.2 Å². The fourth-order valence-corrected chi connectivity index (χ4v) is 2.42. The van der Waals surface area contributed by atoms with E-state index in [0.717, 1.165) is 21.4 Å². The van der Waals surface area contributed by atoms with Crippen LogP contribution in [-0.4, -0.2) is 11.1 Å². The van der Waals surface area contributed by atoms with E-state index >= 15 is 0 Å². The predicted molar refractivity (Wildman–Crippen MR) is 87.3 cm³/mol. The van der Waals surface area contributed by atoms with Crippen molar-refractivity contribution in [3.8, 4) is 11.1 Å². The Labute approximate surface area is 133 Å². The quantitative estimate of drug-likeness (QED) is 0.868. The summed E-state index contributed by atoms with van der Waals surface area (Å²) in [5, 5.41) is 6.87. The zero-order chi connectivity index (χ0) is 15.6. The number of nitrogens with zero attached hydrogens (tertiary/aromatic N) is 1. The van der Waals surface area contributed by atoms with Gasteiger partial charge in [0.15, 0.2) is 11.6 Å². The smallest absolute Gasteiger partial charge is 0.225 e. The number of amides is 1. The minimum atomic E-state index is -0.208. The second-order valence-electron chi connectivity index (χ2n) is 5.90. The Morgan fingerprint density at radius 2 is 2.10 bits per heavy atom. The normalized spacial score (nSPS) is 11.5. The summed E-state index contributed by atoms with van der Waals surface area (Å²) >= 11 is 3.47. The van der Waals surface area contributed by atoms with Crippen LogP contribution in [0, 0.1) is 0 Å². The fraction of sp³-hybridized carbons (Fsp3) is 0.375. The third-order valence-corrected chi connectivity index (χ3v) is 3.56. The van der Waals surface area contributed by atoms with Crippen LogP contribution in [0.15, 0.2) is 33.3 Å². The Balaban J connectivity index is 2.59. The van der Waals surface area contributed by atoms with Crippen LogP contribution in [0.2, 0.25) is 0 Å². The summed E-state index contributed by atoms with van der Waals surface area (Å²) in [7, 11) is 0. The van der Waals surface area contributed by atoms with Crippen LogP contribution < -0.4 is 5.32 Å². The van der Waals surface area contributed by atoms with E-state index in [2.05, 4.69) is 47.2 Å². The highest BCUT2D eigenvalue weighted by molar-refractivity contribution is 9.10. The first kappa shape index (κ1) is 15.8. The molecular weight excluding hydrogens is 332 g/mol. The molecule has 1 heterocycles. The lowest BCUT2D eigenvalue weighted by molar-refractivity contribution is -0.115. The maximum Gasteiger partial charge on any atom is 0.225 e. The molecule has 112 valence electrons. The second-order valence-corrected chi connectivity index (χ2v) is 6.81. The Kier molecular flexibility index (Phi) is 4.52. The highest BCUT2D eigenvalue weighted by Crippen LogP contribution is 2.39. The maximum atomic E-state index is 11.7. The average Bonchev–Trinajstić information content (AvgIpc) is 2.82. The van der Waals surface area contributed by atoms with Gasteiger partial charge in [-0.05, 0) is 17.7 Å². The minimum absolute atomic E-state index is 0.0833. The summed E-state index contributed by atoms with van der Waals surface area (Å²) in [4.78, 5) is 11.7. The fourth-order valence-electron chi connectivity index (χ4n) is 2.02. The molecule has 0 aliphatic carbocycles. The molecule has 0 fully saturated rings. The number of hydrogen-bond donors (Lipinski definition) is 1. The van der Waals surface area contributed by atoms with Gasteiger partial charge in [0.25, 0.3) is 0 Å². The van der Waals surface area contributed by atoms with Gasteiger partial charge < -0.3 is 9.84 Å². The van der Waals surface area contributed by atoms with Crippen LogP contribution >= 0.6 is 15.9 Å². The van der Waals surface area contributed by atoms with Crippen LogP contribution in [0.3, 0.4) is 0 Å². The minimum Gasteiger partial charge on any atom is -0.358 e. The number of benzene rings is 1. The van der Waals surface area contributed by atoms with Gasteiger partial charge in [-0.15, -0.1) is 0 Å². The van der Waals surface area contributed by atoms with Crippen molar-refractivity contribution >= 4 is 27.7 Å². The number of anilines is 1. The Hall–Kier alpha value is -1.62. The first-order valence-corrected chi connectivity index (χ1v) is 7.68. The molecule has 0 saturated carbocycles. The standard InChI is InChI=1S/C16H19BrN2O2/c1-5-12(20)18-15-13(10-7-6-8-11(17)9-10)14(21-19-15)16(2,3)4/h6-9H,5H2,1-4H3,(H,18,19,20).